The van der Waals surface area contributed by atoms with Gasteiger partial charge in [-0.1, -0.05) is 60.7 Å². The van der Waals surface area contributed by atoms with E-state index in [1.54, 1.807) is 12.1 Å². The van der Waals surface area contributed by atoms with Gasteiger partial charge in [-0.05, 0) is 11.1 Å². The van der Waals surface area contributed by atoms with Gasteiger partial charge in [0.2, 0.25) is 0 Å². The molecule has 1 aliphatic heterocycles. The van der Waals surface area contributed by atoms with Gasteiger partial charge in [0.05, 0.1) is 0 Å². The van der Waals surface area contributed by atoms with Crippen LogP contribution in [0, 0.1) is 0 Å². The van der Waals surface area contributed by atoms with E-state index in [-0.39, 0.29) is 13.0 Å². The molecular weight excluding hydrogens is 310 g/mol. The number of nitrogens with zero attached hydrogens (tertiary/aromatic N) is 1. The van der Waals surface area contributed by atoms with Gasteiger partial charge in [0.25, 0.3) is 0 Å². The largest absolute Gasteiger partial charge is 0.444 e. The number of imide groups is 1. The third-order valence-corrected chi connectivity index (χ3v) is 3.64. The standard InChI is InChI=1S/C18H15NO5/c20-16-15(11-13-7-3-1-4-8-13)19(18(22)24-16)17(21)23-12-14-9-5-2-6-10-14/h1-10,15H,11-12H2. The number of carbonyl (C=O) groups is 3. The molecule has 1 fully saturated rings. The highest BCUT2D eigenvalue weighted by molar-refractivity contribution is 6.03. The van der Waals surface area contributed by atoms with Crippen molar-refractivity contribution in [2.45, 2.75) is 19.1 Å². The van der Waals surface area contributed by atoms with Crippen LogP contribution >= 0.6 is 0 Å². The highest BCUT2D eigenvalue weighted by Crippen LogP contribution is 2.20. The Hall–Kier alpha value is -3.15. The molecule has 122 valence electrons. The van der Waals surface area contributed by atoms with Crippen molar-refractivity contribution in [1.82, 2.24) is 4.90 Å². The monoisotopic (exact) mass is 325 g/mol. The first-order chi connectivity index (χ1) is 11.6. The van der Waals surface area contributed by atoms with Gasteiger partial charge in [-0.2, -0.15) is 4.90 Å². The summed E-state index contributed by atoms with van der Waals surface area (Å²) in [7, 11) is 0. The zero-order valence-corrected chi connectivity index (χ0v) is 12.8. The Kier molecular flexibility index (Phi) is 4.56. The fourth-order valence-electron chi connectivity index (χ4n) is 2.44. The molecule has 1 aliphatic rings. The third kappa shape index (κ3) is 3.43. The van der Waals surface area contributed by atoms with E-state index in [0.29, 0.717) is 0 Å². The summed E-state index contributed by atoms with van der Waals surface area (Å²) in [5.41, 5.74) is 1.60. The summed E-state index contributed by atoms with van der Waals surface area (Å²) < 4.78 is 9.71. The topological polar surface area (TPSA) is 72.9 Å². The van der Waals surface area contributed by atoms with Crippen molar-refractivity contribution in [3.63, 3.8) is 0 Å². The number of carbonyl (C=O) groups excluding carboxylic acids is 3. The Bertz CT molecular complexity index is 745. The molecule has 0 saturated carbocycles. The molecule has 0 radical (unpaired) electrons. The van der Waals surface area contributed by atoms with Crippen molar-refractivity contribution in [2.75, 3.05) is 0 Å². The highest BCUT2D eigenvalue weighted by atomic mass is 16.6. The van der Waals surface area contributed by atoms with Crippen LogP contribution < -0.4 is 0 Å². The first-order valence-corrected chi connectivity index (χ1v) is 7.44. The maximum Gasteiger partial charge on any atom is 0.427 e. The highest BCUT2D eigenvalue weighted by Gasteiger charge is 2.46. The predicted octanol–water partition coefficient (Wildman–Crippen LogP) is 2.91. The molecule has 3 rings (SSSR count). The summed E-state index contributed by atoms with van der Waals surface area (Å²) in [6.07, 6.45) is -1.71. The molecule has 0 N–H and O–H groups in total. The third-order valence-electron chi connectivity index (χ3n) is 3.64. The number of hydrogen-bond donors (Lipinski definition) is 0. The normalized spacial score (nSPS) is 16.8. The van der Waals surface area contributed by atoms with E-state index in [1.165, 1.54) is 0 Å². The van der Waals surface area contributed by atoms with Crippen LogP contribution in [0.3, 0.4) is 0 Å². The van der Waals surface area contributed by atoms with Crippen LogP contribution in [0.25, 0.3) is 0 Å². The lowest BCUT2D eigenvalue weighted by atomic mass is 10.1. The van der Waals surface area contributed by atoms with Gasteiger partial charge >= 0.3 is 18.2 Å². The molecule has 2 aromatic rings. The number of benzene rings is 2. The Morgan fingerprint density at radius 3 is 2.17 bits per heavy atom. The van der Waals surface area contributed by atoms with Crippen LogP contribution in [0.5, 0.6) is 0 Å². The van der Waals surface area contributed by atoms with Gasteiger partial charge < -0.3 is 9.47 Å². The molecule has 2 aromatic carbocycles. The average molecular weight is 325 g/mol. The van der Waals surface area contributed by atoms with E-state index in [1.807, 2.05) is 48.5 Å². The fraction of sp³-hybridized carbons (Fsp3) is 0.167. The average Bonchev–Trinajstić information content (AvgIpc) is 2.88. The summed E-state index contributed by atoms with van der Waals surface area (Å²) in [5, 5.41) is 0. The second-order valence-electron chi connectivity index (χ2n) is 5.30. The Balaban J connectivity index is 1.70. The first kappa shape index (κ1) is 15.7. The number of esters is 1. The molecule has 0 bridgehead atoms. The summed E-state index contributed by atoms with van der Waals surface area (Å²) in [6, 6.07) is 17.1. The number of hydrogen-bond acceptors (Lipinski definition) is 5. The molecule has 6 nitrogen and oxygen atoms in total. The quantitative estimate of drug-likeness (QED) is 0.638. The van der Waals surface area contributed by atoms with Gasteiger partial charge in [0.15, 0.2) is 0 Å². The number of amides is 2. The SMILES string of the molecule is O=C1OC(=O)N(C(=O)OCc2ccccc2)C1Cc1ccccc1. The maximum absolute atomic E-state index is 12.2. The van der Waals surface area contributed by atoms with E-state index in [9.17, 15) is 14.4 Å². The van der Waals surface area contributed by atoms with Crippen molar-refractivity contribution in [3.8, 4) is 0 Å². The Labute approximate surface area is 138 Å². The zero-order chi connectivity index (χ0) is 16.9. The molecule has 1 atom stereocenters. The maximum atomic E-state index is 12.2. The van der Waals surface area contributed by atoms with Gasteiger partial charge in [-0.15, -0.1) is 0 Å². The lowest BCUT2D eigenvalue weighted by molar-refractivity contribution is -0.135. The fourth-order valence-corrected chi connectivity index (χ4v) is 2.44. The van der Waals surface area contributed by atoms with Crippen molar-refractivity contribution < 1.29 is 23.9 Å². The van der Waals surface area contributed by atoms with Gasteiger partial charge in [-0.25, -0.2) is 14.4 Å². The smallest absolute Gasteiger partial charge is 0.427 e. The van der Waals surface area contributed by atoms with Crippen molar-refractivity contribution in [1.29, 1.82) is 0 Å². The van der Waals surface area contributed by atoms with E-state index in [2.05, 4.69) is 4.74 Å². The molecule has 1 unspecified atom stereocenters. The van der Waals surface area contributed by atoms with Crippen LogP contribution in [-0.4, -0.2) is 29.1 Å². The number of cyclic esters (lactones) is 2. The van der Waals surface area contributed by atoms with Crippen LogP contribution in [0.2, 0.25) is 0 Å². The zero-order valence-electron chi connectivity index (χ0n) is 12.8. The van der Waals surface area contributed by atoms with E-state index >= 15 is 0 Å². The summed E-state index contributed by atoms with van der Waals surface area (Å²) in [4.78, 5) is 36.7. The van der Waals surface area contributed by atoms with Gasteiger partial charge in [-0.3, -0.25) is 0 Å². The molecule has 1 saturated heterocycles. The van der Waals surface area contributed by atoms with E-state index in [0.717, 1.165) is 16.0 Å². The molecule has 2 amide bonds. The van der Waals surface area contributed by atoms with Crippen LogP contribution in [0.1, 0.15) is 11.1 Å². The minimum Gasteiger partial charge on any atom is -0.444 e. The van der Waals surface area contributed by atoms with Crippen molar-refractivity contribution in [2.24, 2.45) is 0 Å². The second kappa shape index (κ2) is 6.95. The summed E-state index contributed by atoms with van der Waals surface area (Å²) in [6.45, 7) is 0.00962. The Morgan fingerprint density at radius 1 is 0.958 bits per heavy atom. The van der Waals surface area contributed by atoms with Gasteiger partial charge in [0.1, 0.15) is 12.6 Å². The van der Waals surface area contributed by atoms with Crippen molar-refractivity contribution >= 4 is 18.2 Å². The van der Waals surface area contributed by atoms with E-state index < -0.39 is 24.2 Å². The van der Waals surface area contributed by atoms with Crippen LogP contribution in [0.4, 0.5) is 9.59 Å². The van der Waals surface area contributed by atoms with Crippen LogP contribution in [0.15, 0.2) is 60.7 Å². The second-order valence-corrected chi connectivity index (χ2v) is 5.30. The van der Waals surface area contributed by atoms with E-state index in [4.69, 9.17) is 4.74 Å². The Morgan fingerprint density at radius 2 is 1.54 bits per heavy atom. The molecule has 0 spiro atoms. The summed E-state index contributed by atoms with van der Waals surface area (Å²) in [5.74, 6) is -0.750. The molecule has 6 heteroatoms. The minimum absolute atomic E-state index is 0.00962. The number of ether oxygens (including phenoxy) is 2. The summed E-state index contributed by atoms with van der Waals surface area (Å²) >= 11 is 0. The first-order valence-electron chi connectivity index (χ1n) is 7.44. The lowest BCUT2D eigenvalue weighted by Gasteiger charge is -2.17. The number of rotatable bonds is 4. The minimum atomic E-state index is -1.01. The molecule has 1 heterocycles. The van der Waals surface area contributed by atoms with Crippen LogP contribution in [-0.2, 0) is 27.3 Å². The molecule has 24 heavy (non-hydrogen) atoms. The lowest BCUT2D eigenvalue weighted by Crippen LogP contribution is -2.41. The van der Waals surface area contributed by atoms with Gasteiger partial charge in [0, 0.05) is 6.42 Å². The molecule has 0 aromatic heterocycles. The molecular formula is C18H15NO5. The molecule has 0 aliphatic carbocycles. The predicted molar refractivity (Wildman–Crippen MR) is 83.9 cm³/mol. The van der Waals surface area contributed by atoms with Crippen molar-refractivity contribution in [3.05, 3.63) is 71.8 Å².